The topological polar surface area (TPSA) is 130 Å². The van der Waals surface area contributed by atoms with E-state index in [2.05, 4.69) is 9.97 Å². The van der Waals surface area contributed by atoms with Crippen molar-refractivity contribution in [3.8, 4) is 6.07 Å². The Balaban J connectivity index is 1.95. The van der Waals surface area contributed by atoms with Crippen LogP contribution in [-0.4, -0.2) is 37.7 Å². The zero-order valence-corrected chi connectivity index (χ0v) is 17.2. The number of hydrogen-bond donors (Lipinski definition) is 4. The van der Waals surface area contributed by atoms with Gasteiger partial charge in [-0.05, 0) is 30.3 Å². The first-order valence-electron chi connectivity index (χ1n) is 9.95. The van der Waals surface area contributed by atoms with Gasteiger partial charge in [-0.15, -0.1) is 0 Å². The molecule has 0 fully saturated rings. The van der Waals surface area contributed by atoms with Crippen molar-refractivity contribution in [1.29, 1.82) is 5.26 Å². The number of nitrogens with zero attached hydrogens (tertiary/aromatic N) is 2. The predicted molar refractivity (Wildman–Crippen MR) is 119 cm³/mol. The van der Waals surface area contributed by atoms with E-state index >= 15 is 4.39 Å². The number of aliphatic hydroxyl groups excluding tert-OH is 3. The number of Topliss-reactive ketones (excluding diaryl/α,β-unsaturated/α-hetero) is 1. The number of para-hydroxylation sites is 2. The SMILES string of the molecule is N#Cc1cccc(/C(O)=C(\C(=O)c2cccc([C@@H](O)CO)c2F)c2nc3ccccc3[nH]2)c1. The van der Waals surface area contributed by atoms with Crippen molar-refractivity contribution in [2.75, 3.05) is 6.61 Å². The summed E-state index contributed by atoms with van der Waals surface area (Å²) in [6, 6.07) is 18.8. The van der Waals surface area contributed by atoms with Crippen LogP contribution >= 0.6 is 0 Å². The molecule has 1 atom stereocenters. The largest absolute Gasteiger partial charge is 0.506 e. The van der Waals surface area contributed by atoms with Gasteiger partial charge in [0, 0.05) is 11.1 Å². The third-order valence-electron chi connectivity index (χ3n) is 5.16. The molecule has 1 heterocycles. The van der Waals surface area contributed by atoms with Crippen LogP contribution in [0.3, 0.4) is 0 Å². The van der Waals surface area contributed by atoms with Crippen molar-refractivity contribution in [3.05, 3.63) is 101 Å². The van der Waals surface area contributed by atoms with Crippen molar-refractivity contribution in [2.24, 2.45) is 0 Å². The average Bonchev–Trinajstić information content (AvgIpc) is 3.27. The second kappa shape index (κ2) is 9.04. The van der Waals surface area contributed by atoms with Crippen molar-refractivity contribution < 1.29 is 24.5 Å². The van der Waals surface area contributed by atoms with Crippen LogP contribution in [0.15, 0.2) is 66.7 Å². The van der Waals surface area contributed by atoms with E-state index in [9.17, 15) is 25.4 Å². The minimum absolute atomic E-state index is 0.00794. The van der Waals surface area contributed by atoms with Crippen molar-refractivity contribution in [2.45, 2.75) is 6.10 Å². The number of imidazole rings is 1. The highest BCUT2D eigenvalue weighted by Crippen LogP contribution is 2.30. The fourth-order valence-corrected chi connectivity index (χ4v) is 3.49. The van der Waals surface area contributed by atoms with Crippen LogP contribution in [0.25, 0.3) is 22.4 Å². The van der Waals surface area contributed by atoms with Crippen LogP contribution < -0.4 is 0 Å². The molecule has 0 radical (unpaired) electrons. The second-order valence-corrected chi connectivity index (χ2v) is 7.26. The lowest BCUT2D eigenvalue weighted by Crippen LogP contribution is -2.13. The smallest absolute Gasteiger partial charge is 0.203 e. The summed E-state index contributed by atoms with van der Waals surface area (Å²) in [5, 5.41) is 39.4. The molecule has 1 aromatic heterocycles. The molecule has 0 bridgehead atoms. The van der Waals surface area contributed by atoms with E-state index in [1.54, 1.807) is 36.4 Å². The Bertz CT molecular complexity index is 1400. The van der Waals surface area contributed by atoms with Gasteiger partial charge in [0.1, 0.15) is 29.1 Å². The molecule has 0 aliphatic rings. The monoisotopic (exact) mass is 443 g/mol. The minimum atomic E-state index is -1.52. The number of carbonyl (C=O) groups is 1. The number of hydrogen-bond acceptors (Lipinski definition) is 6. The van der Waals surface area contributed by atoms with Crippen LogP contribution in [0.1, 0.15) is 39.0 Å². The number of aliphatic hydroxyl groups is 3. The number of rotatable bonds is 6. The fraction of sp³-hybridized carbons (Fsp3) is 0.0800. The number of H-pyrrole nitrogens is 1. The van der Waals surface area contributed by atoms with E-state index in [4.69, 9.17) is 0 Å². The highest BCUT2D eigenvalue weighted by molar-refractivity contribution is 6.33. The standard InChI is InChI=1S/C25H18FN3O4/c26-22-16(20(31)13-30)7-4-8-17(22)24(33)21(23(32)15-6-3-5-14(11-15)12-27)25-28-18-9-1-2-10-19(18)29-25/h1-11,20,30-32H,13H2,(H,28,29)/b23-21-/t20-/m0/s1. The molecule has 0 spiro atoms. The lowest BCUT2D eigenvalue weighted by atomic mass is 9.95. The second-order valence-electron chi connectivity index (χ2n) is 7.26. The molecule has 4 aromatic rings. The lowest BCUT2D eigenvalue weighted by Gasteiger charge is -2.13. The first-order chi connectivity index (χ1) is 15.9. The summed E-state index contributed by atoms with van der Waals surface area (Å²) in [5.41, 5.74) is 0.578. The predicted octanol–water partition coefficient (Wildman–Crippen LogP) is 3.91. The molecule has 4 rings (SSSR count). The third-order valence-corrected chi connectivity index (χ3v) is 5.16. The van der Waals surface area contributed by atoms with E-state index < -0.39 is 35.6 Å². The van der Waals surface area contributed by atoms with Gasteiger partial charge in [0.25, 0.3) is 0 Å². The molecule has 8 heteroatoms. The molecule has 33 heavy (non-hydrogen) atoms. The highest BCUT2D eigenvalue weighted by Gasteiger charge is 2.27. The van der Waals surface area contributed by atoms with E-state index in [0.29, 0.717) is 11.0 Å². The molecule has 164 valence electrons. The Kier molecular flexibility index (Phi) is 6.00. The molecule has 0 saturated carbocycles. The highest BCUT2D eigenvalue weighted by atomic mass is 19.1. The first kappa shape index (κ1) is 21.9. The molecule has 3 aromatic carbocycles. The maximum absolute atomic E-state index is 15.2. The number of ketones is 1. The van der Waals surface area contributed by atoms with Gasteiger partial charge in [-0.2, -0.15) is 5.26 Å². The summed E-state index contributed by atoms with van der Waals surface area (Å²) in [4.78, 5) is 20.9. The lowest BCUT2D eigenvalue weighted by molar-refractivity contribution is 0.0920. The van der Waals surface area contributed by atoms with Crippen LogP contribution in [-0.2, 0) is 0 Å². The number of carbonyl (C=O) groups excluding carboxylic acids is 1. The number of allylic oxidation sites excluding steroid dienone is 1. The molecule has 0 aliphatic heterocycles. The summed E-state index contributed by atoms with van der Waals surface area (Å²) in [7, 11) is 0. The Morgan fingerprint density at radius 2 is 1.88 bits per heavy atom. The van der Waals surface area contributed by atoms with Gasteiger partial charge in [0.05, 0.1) is 34.8 Å². The van der Waals surface area contributed by atoms with Gasteiger partial charge in [-0.25, -0.2) is 9.37 Å². The first-order valence-corrected chi connectivity index (χ1v) is 9.95. The van der Waals surface area contributed by atoms with Gasteiger partial charge in [-0.1, -0.05) is 36.4 Å². The Labute approximate surface area is 187 Å². The van der Waals surface area contributed by atoms with Crippen LogP contribution in [0, 0.1) is 17.1 Å². The maximum atomic E-state index is 15.2. The molecule has 0 aliphatic carbocycles. The number of benzene rings is 3. The Morgan fingerprint density at radius 3 is 2.61 bits per heavy atom. The zero-order valence-electron chi connectivity index (χ0n) is 17.2. The number of aromatic amines is 1. The molecule has 0 unspecified atom stereocenters. The van der Waals surface area contributed by atoms with Crippen molar-refractivity contribution in [3.63, 3.8) is 0 Å². The van der Waals surface area contributed by atoms with Crippen LogP contribution in [0.4, 0.5) is 4.39 Å². The molecule has 0 amide bonds. The normalized spacial score (nSPS) is 12.8. The molecule has 4 N–H and O–H groups in total. The van der Waals surface area contributed by atoms with E-state index in [0.717, 1.165) is 0 Å². The summed E-state index contributed by atoms with van der Waals surface area (Å²) < 4.78 is 15.2. The average molecular weight is 443 g/mol. The summed E-state index contributed by atoms with van der Waals surface area (Å²) in [6.07, 6.45) is -1.52. The summed E-state index contributed by atoms with van der Waals surface area (Å²) in [6.45, 7) is -0.729. The van der Waals surface area contributed by atoms with Crippen LogP contribution in [0.2, 0.25) is 0 Å². The van der Waals surface area contributed by atoms with E-state index in [1.807, 2.05) is 6.07 Å². The van der Waals surface area contributed by atoms with Gasteiger partial charge >= 0.3 is 0 Å². The zero-order chi connectivity index (χ0) is 23.5. The van der Waals surface area contributed by atoms with Gasteiger partial charge in [0.2, 0.25) is 5.78 Å². The molecular formula is C25H18FN3O4. The number of halogens is 1. The van der Waals surface area contributed by atoms with Crippen molar-refractivity contribution in [1.82, 2.24) is 9.97 Å². The van der Waals surface area contributed by atoms with Crippen LogP contribution in [0.5, 0.6) is 0 Å². The maximum Gasteiger partial charge on any atom is 0.203 e. The number of nitrogens with one attached hydrogen (secondary N) is 1. The minimum Gasteiger partial charge on any atom is -0.506 e. The Morgan fingerprint density at radius 1 is 1.12 bits per heavy atom. The quantitative estimate of drug-likeness (QED) is 0.203. The van der Waals surface area contributed by atoms with Crippen molar-refractivity contribution >= 4 is 28.1 Å². The van der Waals surface area contributed by atoms with E-state index in [1.165, 1.54) is 30.3 Å². The third kappa shape index (κ3) is 4.11. The van der Waals surface area contributed by atoms with Gasteiger partial charge < -0.3 is 20.3 Å². The molecule has 7 nitrogen and oxygen atoms in total. The summed E-state index contributed by atoms with van der Waals surface area (Å²) >= 11 is 0. The Hall–Kier alpha value is -4.32. The van der Waals surface area contributed by atoms with Gasteiger partial charge in [0.15, 0.2) is 0 Å². The number of nitriles is 1. The number of aromatic nitrogens is 2. The summed E-state index contributed by atoms with van der Waals surface area (Å²) in [5.74, 6) is -2.40. The van der Waals surface area contributed by atoms with Gasteiger partial charge in [-0.3, -0.25) is 4.79 Å². The molecule has 0 saturated heterocycles. The fourth-order valence-electron chi connectivity index (χ4n) is 3.49. The van der Waals surface area contributed by atoms with E-state index in [-0.39, 0.29) is 28.1 Å². The number of fused-ring (bicyclic) bond motifs is 1. The molecular weight excluding hydrogens is 425 g/mol.